The van der Waals surface area contributed by atoms with Crippen molar-refractivity contribution >= 4 is 5.97 Å². The van der Waals surface area contributed by atoms with Crippen LogP contribution in [0, 0.1) is 0 Å². The molecule has 0 fully saturated rings. The fraction of sp³-hybridized carbons (Fsp3) is 0.857. The number of aromatic nitrogens is 4. The Hall–Kier alpha value is -1.46. The van der Waals surface area contributed by atoms with Gasteiger partial charge in [0.25, 0.3) is 0 Å². The summed E-state index contributed by atoms with van der Waals surface area (Å²) in [5.74, 6) is -1.10. The number of nitrogens with zero attached hydrogens (tertiary/aromatic N) is 4. The first kappa shape index (κ1) is 16.6. The number of unbranched alkanes of at least 4 members (excludes halogenated alkanes) is 7. The molecule has 114 valence electrons. The normalized spacial score (nSPS) is 12.5. The minimum atomic E-state index is -0.892. The van der Waals surface area contributed by atoms with Gasteiger partial charge in [-0.3, -0.25) is 4.79 Å². The molecule has 1 unspecified atom stereocenters. The molecular formula is C14H26N4O2. The van der Waals surface area contributed by atoms with E-state index < -0.39 is 11.9 Å². The number of tetrazole rings is 1. The molecule has 1 atom stereocenters. The number of carboxylic acids is 1. The summed E-state index contributed by atoms with van der Waals surface area (Å²) in [4.78, 5) is 10.9. The van der Waals surface area contributed by atoms with Gasteiger partial charge in [-0.15, -0.1) is 5.10 Å². The van der Waals surface area contributed by atoms with Crippen LogP contribution in [0.4, 0.5) is 0 Å². The van der Waals surface area contributed by atoms with Crippen LogP contribution < -0.4 is 0 Å². The van der Waals surface area contributed by atoms with Crippen molar-refractivity contribution in [2.24, 2.45) is 0 Å². The molecule has 6 heteroatoms. The lowest BCUT2D eigenvalue weighted by atomic mass is 10.1. The van der Waals surface area contributed by atoms with Crippen LogP contribution in [-0.2, 0) is 11.3 Å². The zero-order chi connectivity index (χ0) is 14.8. The monoisotopic (exact) mass is 282 g/mol. The van der Waals surface area contributed by atoms with Gasteiger partial charge >= 0.3 is 5.97 Å². The summed E-state index contributed by atoms with van der Waals surface area (Å²) in [6.45, 7) is 4.54. The van der Waals surface area contributed by atoms with Gasteiger partial charge in [-0.2, -0.15) is 0 Å². The van der Waals surface area contributed by atoms with Gasteiger partial charge in [0.05, 0.1) is 0 Å². The van der Waals surface area contributed by atoms with Crippen LogP contribution in [0.2, 0.25) is 0 Å². The molecule has 6 nitrogen and oxygen atoms in total. The van der Waals surface area contributed by atoms with Crippen LogP contribution in [0.15, 0.2) is 0 Å². The molecule has 0 spiro atoms. The molecule has 0 radical (unpaired) electrons. The number of aliphatic carboxylic acids is 1. The predicted octanol–water partition coefficient (Wildman–Crippen LogP) is 3.00. The Kier molecular flexibility index (Phi) is 7.84. The predicted molar refractivity (Wildman–Crippen MR) is 76.5 cm³/mol. The molecule has 0 bridgehead atoms. The number of carboxylic acid groups (broad SMARTS) is 1. The highest BCUT2D eigenvalue weighted by molar-refractivity contribution is 5.74. The van der Waals surface area contributed by atoms with Gasteiger partial charge < -0.3 is 5.11 Å². The Bertz CT molecular complexity index is 392. The van der Waals surface area contributed by atoms with Gasteiger partial charge in [-0.25, -0.2) is 4.68 Å². The molecule has 0 saturated carbocycles. The molecule has 0 aliphatic rings. The minimum Gasteiger partial charge on any atom is -0.481 e. The lowest BCUT2D eigenvalue weighted by Gasteiger charge is -2.07. The highest BCUT2D eigenvalue weighted by Crippen LogP contribution is 2.13. The van der Waals surface area contributed by atoms with Crippen LogP contribution in [0.25, 0.3) is 0 Å². The fourth-order valence-electron chi connectivity index (χ4n) is 2.19. The third kappa shape index (κ3) is 5.67. The van der Waals surface area contributed by atoms with Crippen molar-refractivity contribution in [1.29, 1.82) is 0 Å². The molecule has 1 rings (SSSR count). The third-order valence-corrected chi connectivity index (χ3v) is 3.54. The van der Waals surface area contributed by atoms with Crippen LogP contribution in [0.3, 0.4) is 0 Å². The molecule has 0 aliphatic carbocycles. The van der Waals surface area contributed by atoms with Crippen molar-refractivity contribution in [3.8, 4) is 0 Å². The van der Waals surface area contributed by atoms with Crippen LogP contribution in [0.1, 0.15) is 77.0 Å². The molecular weight excluding hydrogens is 256 g/mol. The van der Waals surface area contributed by atoms with Gasteiger partial charge in [-0.1, -0.05) is 51.9 Å². The molecule has 1 aromatic heterocycles. The summed E-state index contributed by atoms with van der Waals surface area (Å²) in [5.41, 5.74) is 0. The minimum absolute atomic E-state index is 0.445. The van der Waals surface area contributed by atoms with E-state index in [2.05, 4.69) is 22.4 Å². The first-order valence-electron chi connectivity index (χ1n) is 7.65. The second kappa shape index (κ2) is 9.44. The maximum Gasteiger partial charge on any atom is 0.314 e. The molecule has 0 aromatic carbocycles. The van der Waals surface area contributed by atoms with Crippen molar-refractivity contribution < 1.29 is 9.90 Å². The van der Waals surface area contributed by atoms with E-state index >= 15 is 0 Å². The average molecular weight is 282 g/mol. The Balaban J connectivity index is 2.19. The zero-order valence-corrected chi connectivity index (χ0v) is 12.6. The SMILES string of the molecule is CCCCCCCCCCn1nnnc1C(C)C(=O)O. The standard InChI is InChI=1S/C14H26N4O2/c1-3-4-5-6-7-8-9-10-11-18-13(15-16-17-18)12(2)14(19)20/h12H,3-11H2,1-2H3,(H,19,20). The van der Waals surface area contributed by atoms with E-state index in [1.54, 1.807) is 11.6 Å². The van der Waals surface area contributed by atoms with Crippen molar-refractivity contribution in [3.63, 3.8) is 0 Å². The van der Waals surface area contributed by atoms with E-state index in [-0.39, 0.29) is 0 Å². The molecule has 1 heterocycles. The van der Waals surface area contributed by atoms with Gasteiger partial charge in [0.1, 0.15) is 5.92 Å². The Morgan fingerprint density at radius 1 is 1.15 bits per heavy atom. The van der Waals surface area contributed by atoms with E-state index in [9.17, 15) is 4.79 Å². The third-order valence-electron chi connectivity index (χ3n) is 3.54. The summed E-state index contributed by atoms with van der Waals surface area (Å²) in [7, 11) is 0. The highest BCUT2D eigenvalue weighted by Gasteiger charge is 2.20. The van der Waals surface area contributed by atoms with E-state index in [1.165, 1.54) is 38.5 Å². The van der Waals surface area contributed by atoms with E-state index in [0.717, 1.165) is 12.8 Å². The topological polar surface area (TPSA) is 80.9 Å². The van der Waals surface area contributed by atoms with Gasteiger partial charge in [0.15, 0.2) is 5.82 Å². The second-order valence-corrected chi connectivity index (χ2v) is 5.30. The summed E-state index contributed by atoms with van der Waals surface area (Å²) >= 11 is 0. The molecule has 1 N–H and O–H groups in total. The van der Waals surface area contributed by atoms with E-state index in [4.69, 9.17) is 5.11 Å². The number of aryl methyl sites for hydroxylation is 1. The van der Waals surface area contributed by atoms with Gasteiger partial charge in [0.2, 0.25) is 0 Å². The van der Waals surface area contributed by atoms with Gasteiger partial charge in [0, 0.05) is 6.54 Å². The van der Waals surface area contributed by atoms with Gasteiger partial charge in [-0.05, 0) is 23.8 Å². The van der Waals surface area contributed by atoms with Crippen molar-refractivity contribution in [2.75, 3.05) is 0 Å². The number of rotatable bonds is 11. The maximum atomic E-state index is 10.9. The maximum absolute atomic E-state index is 10.9. The summed E-state index contributed by atoms with van der Waals surface area (Å²) < 4.78 is 1.62. The van der Waals surface area contributed by atoms with Crippen LogP contribution in [0.5, 0.6) is 0 Å². The first-order valence-corrected chi connectivity index (χ1v) is 7.65. The number of hydrogen-bond donors (Lipinski definition) is 1. The lowest BCUT2D eigenvalue weighted by Crippen LogP contribution is -2.15. The lowest BCUT2D eigenvalue weighted by molar-refractivity contribution is -0.138. The first-order chi connectivity index (χ1) is 9.66. The smallest absolute Gasteiger partial charge is 0.314 e. The molecule has 0 saturated heterocycles. The largest absolute Gasteiger partial charge is 0.481 e. The van der Waals surface area contributed by atoms with Crippen molar-refractivity contribution in [1.82, 2.24) is 20.2 Å². The van der Waals surface area contributed by atoms with Crippen LogP contribution in [-0.4, -0.2) is 31.3 Å². The quantitative estimate of drug-likeness (QED) is 0.631. The molecule has 20 heavy (non-hydrogen) atoms. The average Bonchev–Trinajstić information content (AvgIpc) is 2.89. The number of hydrogen-bond acceptors (Lipinski definition) is 4. The summed E-state index contributed by atoms with van der Waals surface area (Å²) in [6.07, 6.45) is 9.93. The number of carbonyl (C=O) groups is 1. The summed E-state index contributed by atoms with van der Waals surface area (Å²) in [6, 6.07) is 0. The Morgan fingerprint density at radius 3 is 2.35 bits per heavy atom. The Labute approximate surface area is 120 Å². The van der Waals surface area contributed by atoms with Crippen molar-refractivity contribution in [3.05, 3.63) is 5.82 Å². The second-order valence-electron chi connectivity index (χ2n) is 5.30. The van der Waals surface area contributed by atoms with Crippen LogP contribution >= 0.6 is 0 Å². The molecule has 0 aliphatic heterocycles. The highest BCUT2D eigenvalue weighted by atomic mass is 16.4. The van der Waals surface area contributed by atoms with E-state index in [1.807, 2.05) is 0 Å². The molecule has 0 amide bonds. The zero-order valence-electron chi connectivity index (χ0n) is 12.6. The molecule has 1 aromatic rings. The Morgan fingerprint density at radius 2 is 1.75 bits per heavy atom. The fourth-order valence-corrected chi connectivity index (χ4v) is 2.19. The van der Waals surface area contributed by atoms with Crippen molar-refractivity contribution in [2.45, 2.75) is 77.7 Å². The van der Waals surface area contributed by atoms with E-state index in [0.29, 0.717) is 12.4 Å². The summed E-state index contributed by atoms with van der Waals surface area (Å²) in [5, 5.41) is 20.2.